The van der Waals surface area contributed by atoms with Gasteiger partial charge in [0.25, 0.3) is 0 Å². The predicted molar refractivity (Wildman–Crippen MR) is 159 cm³/mol. The Hall–Kier alpha value is -4.82. The second-order valence-corrected chi connectivity index (χ2v) is 9.55. The van der Waals surface area contributed by atoms with Crippen molar-refractivity contribution in [3.05, 3.63) is 156 Å². The maximum atomic E-state index is 11.2. The van der Waals surface area contributed by atoms with Gasteiger partial charge in [-0.25, -0.2) is 0 Å². The Kier molecular flexibility index (Phi) is 6.72. The van der Waals surface area contributed by atoms with E-state index < -0.39 is 5.41 Å². The van der Waals surface area contributed by atoms with Crippen LogP contribution in [-0.2, 0) is 5.41 Å². The van der Waals surface area contributed by atoms with Gasteiger partial charge in [-0.05, 0) is 59.0 Å². The molecular formula is C36H30O2. The van der Waals surface area contributed by atoms with E-state index in [4.69, 9.17) is 0 Å². The first-order valence-electron chi connectivity index (χ1n) is 12.6. The lowest BCUT2D eigenvalue weighted by Crippen LogP contribution is -2.26. The van der Waals surface area contributed by atoms with Crippen molar-refractivity contribution in [1.82, 2.24) is 0 Å². The molecule has 0 atom stereocenters. The van der Waals surface area contributed by atoms with E-state index in [1.165, 1.54) is 0 Å². The highest BCUT2D eigenvalue weighted by Gasteiger charge is 2.34. The number of rotatable bonds is 7. The van der Waals surface area contributed by atoms with E-state index >= 15 is 0 Å². The van der Waals surface area contributed by atoms with Crippen LogP contribution in [-0.4, -0.2) is 10.2 Å². The number of phenols is 2. The molecule has 186 valence electrons. The maximum absolute atomic E-state index is 11.2. The molecule has 2 N–H and O–H groups in total. The summed E-state index contributed by atoms with van der Waals surface area (Å²) < 4.78 is 0. The van der Waals surface area contributed by atoms with Gasteiger partial charge in [0.15, 0.2) is 0 Å². The summed E-state index contributed by atoms with van der Waals surface area (Å²) in [5, 5.41) is 22.3. The minimum Gasteiger partial charge on any atom is -0.507 e. The quantitative estimate of drug-likeness (QED) is 0.222. The molecule has 38 heavy (non-hydrogen) atoms. The molecule has 0 aliphatic heterocycles. The minimum absolute atomic E-state index is 0.202. The molecule has 0 spiro atoms. The highest BCUT2D eigenvalue weighted by atomic mass is 16.3. The number of hydrogen-bond acceptors (Lipinski definition) is 2. The first-order chi connectivity index (χ1) is 18.5. The van der Waals surface area contributed by atoms with Crippen molar-refractivity contribution in [2.24, 2.45) is 0 Å². The van der Waals surface area contributed by atoms with Gasteiger partial charge in [0.05, 0.1) is 0 Å². The van der Waals surface area contributed by atoms with E-state index in [-0.39, 0.29) is 11.5 Å². The summed E-state index contributed by atoms with van der Waals surface area (Å²) in [4.78, 5) is 0. The van der Waals surface area contributed by atoms with Crippen molar-refractivity contribution in [2.75, 3.05) is 0 Å². The van der Waals surface area contributed by atoms with Crippen molar-refractivity contribution in [3.8, 4) is 33.8 Å². The molecule has 0 aromatic heterocycles. The van der Waals surface area contributed by atoms with Crippen molar-refractivity contribution < 1.29 is 10.2 Å². The molecule has 0 amide bonds. The average molecular weight is 495 g/mol. The Bertz CT molecular complexity index is 1500. The maximum Gasteiger partial charge on any atom is 0.130 e. The minimum atomic E-state index is -0.634. The van der Waals surface area contributed by atoms with Gasteiger partial charge in [-0.3, -0.25) is 0 Å². The molecule has 0 radical (unpaired) electrons. The second kappa shape index (κ2) is 10.3. The van der Waals surface area contributed by atoms with Gasteiger partial charge < -0.3 is 10.2 Å². The van der Waals surface area contributed by atoms with E-state index in [0.29, 0.717) is 11.1 Å². The average Bonchev–Trinajstić information content (AvgIpc) is 2.98. The lowest BCUT2D eigenvalue weighted by molar-refractivity contribution is 0.475. The summed E-state index contributed by atoms with van der Waals surface area (Å²) in [5.74, 6) is 0.403. The zero-order valence-electron chi connectivity index (χ0n) is 21.4. The Morgan fingerprint density at radius 2 is 0.895 bits per heavy atom. The molecule has 0 bridgehead atoms. The van der Waals surface area contributed by atoms with Crippen LogP contribution in [0.3, 0.4) is 0 Å². The van der Waals surface area contributed by atoms with Crippen LogP contribution < -0.4 is 0 Å². The summed E-state index contributed by atoms with van der Waals surface area (Å²) >= 11 is 0. The molecule has 2 nitrogen and oxygen atoms in total. The zero-order valence-corrected chi connectivity index (χ0v) is 21.4. The van der Waals surface area contributed by atoms with Crippen molar-refractivity contribution in [3.63, 3.8) is 0 Å². The third-order valence-corrected chi connectivity index (χ3v) is 7.39. The zero-order chi connectivity index (χ0) is 26.7. The van der Waals surface area contributed by atoms with Crippen molar-refractivity contribution >= 4 is 12.2 Å². The lowest BCUT2D eigenvalue weighted by atomic mass is 9.69. The molecule has 2 heteroatoms. The molecule has 0 saturated carbocycles. The molecule has 0 aliphatic carbocycles. The molecule has 0 unspecified atom stereocenters. The summed E-state index contributed by atoms with van der Waals surface area (Å²) in [6, 6.07) is 38.2. The molecule has 5 rings (SSSR count). The van der Waals surface area contributed by atoms with Crippen LogP contribution in [0.25, 0.3) is 34.4 Å². The largest absolute Gasteiger partial charge is 0.507 e. The molecule has 5 aromatic rings. The summed E-state index contributed by atoms with van der Waals surface area (Å²) in [5.41, 5.74) is 7.09. The third-order valence-electron chi connectivity index (χ3n) is 7.39. The Labute approximate surface area is 224 Å². The number of benzene rings is 5. The monoisotopic (exact) mass is 494 g/mol. The fourth-order valence-corrected chi connectivity index (χ4v) is 5.15. The third kappa shape index (κ3) is 4.31. The van der Waals surface area contributed by atoms with Crippen molar-refractivity contribution in [2.45, 2.75) is 12.3 Å². The molecular weight excluding hydrogens is 464 g/mol. The first-order valence-corrected chi connectivity index (χ1v) is 12.6. The van der Waals surface area contributed by atoms with Gasteiger partial charge >= 0.3 is 0 Å². The van der Waals surface area contributed by atoms with Gasteiger partial charge in [-0.2, -0.15) is 0 Å². The summed E-state index contributed by atoms with van der Waals surface area (Å²) in [7, 11) is 0. The fourth-order valence-electron chi connectivity index (χ4n) is 5.15. The van der Waals surface area contributed by atoms with Crippen LogP contribution >= 0.6 is 0 Å². The van der Waals surface area contributed by atoms with Crippen LogP contribution in [0.4, 0.5) is 0 Å². The highest BCUT2D eigenvalue weighted by molar-refractivity contribution is 5.80. The van der Waals surface area contributed by atoms with Gasteiger partial charge in [0, 0.05) is 27.7 Å². The fraction of sp³-hybridized carbons (Fsp3) is 0.0556. The van der Waals surface area contributed by atoms with Crippen LogP contribution in [0.1, 0.15) is 34.7 Å². The van der Waals surface area contributed by atoms with Crippen molar-refractivity contribution in [1.29, 1.82) is 0 Å². The molecule has 0 fully saturated rings. The van der Waals surface area contributed by atoms with Gasteiger partial charge in [0.2, 0.25) is 0 Å². The van der Waals surface area contributed by atoms with Gasteiger partial charge in [-0.1, -0.05) is 116 Å². The molecule has 5 aromatic carbocycles. The molecule has 0 saturated heterocycles. The topological polar surface area (TPSA) is 40.5 Å². The SMILES string of the molecule is C=Cc1cc(C(C)(c2ccccc2)c2cc(C=C)c(O)c(-c3ccccc3)c2)cc(-c2ccccc2)c1O. The normalized spacial score (nSPS) is 11.2. The van der Waals surface area contributed by atoms with Gasteiger partial charge in [0.1, 0.15) is 11.5 Å². The predicted octanol–water partition coefficient (Wildman–Crippen LogP) is 9.07. The van der Waals surface area contributed by atoms with Crippen LogP contribution in [0.15, 0.2) is 128 Å². The van der Waals surface area contributed by atoms with E-state index in [0.717, 1.165) is 38.9 Å². The standard InChI is InChI=1S/C36H30O2/c1-4-25-21-30(23-32(34(25)37)27-15-9-6-10-16-27)36(3,29-19-13-8-14-20-29)31-22-26(5-2)35(38)33(24-31)28-17-11-7-12-18-28/h4-24,37-38H,1-2H2,3H3. The van der Waals surface area contributed by atoms with Crippen LogP contribution in [0.5, 0.6) is 11.5 Å². The van der Waals surface area contributed by atoms with E-state index in [9.17, 15) is 10.2 Å². The van der Waals surface area contributed by atoms with Crippen LogP contribution in [0, 0.1) is 0 Å². The van der Waals surface area contributed by atoms with E-state index in [1.54, 1.807) is 12.2 Å². The Balaban J connectivity index is 1.85. The van der Waals surface area contributed by atoms with Gasteiger partial charge in [-0.15, -0.1) is 0 Å². The molecule has 0 heterocycles. The summed E-state index contributed by atoms with van der Waals surface area (Å²) in [6.45, 7) is 10.1. The number of hydrogen-bond donors (Lipinski definition) is 2. The lowest BCUT2D eigenvalue weighted by Gasteiger charge is -2.34. The smallest absolute Gasteiger partial charge is 0.130 e. The number of phenolic OH excluding ortho intramolecular Hbond substituents is 2. The number of aromatic hydroxyl groups is 2. The van der Waals surface area contributed by atoms with E-state index in [1.807, 2.05) is 91.0 Å². The summed E-state index contributed by atoms with van der Waals surface area (Å²) in [6.07, 6.45) is 3.39. The first kappa shape index (κ1) is 24.9. The Morgan fingerprint density at radius 3 is 1.26 bits per heavy atom. The Morgan fingerprint density at radius 1 is 0.526 bits per heavy atom. The van der Waals surface area contributed by atoms with Crippen LogP contribution in [0.2, 0.25) is 0 Å². The highest BCUT2D eigenvalue weighted by Crippen LogP contribution is 2.46. The van der Waals surface area contributed by atoms with E-state index in [2.05, 4.69) is 44.3 Å². The second-order valence-electron chi connectivity index (χ2n) is 9.55. The molecule has 0 aliphatic rings.